The van der Waals surface area contributed by atoms with Crippen molar-refractivity contribution in [2.75, 3.05) is 27.0 Å². The van der Waals surface area contributed by atoms with Crippen LogP contribution >= 0.6 is 0 Å². The molecule has 0 aromatic carbocycles. The Labute approximate surface area is 68.3 Å². The van der Waals surface area contributed by atoms with Gasteiger partial charge in [0.1, 0.15) is 6.79 Å². The maximum Gasteiger partial charge on any atom is 0.146 e. The van der Waals surface area contributed by atoms with Crippen molar-refractivity contribution < 1.29 is 9.47 Å². The van der Waals surface area contributed by atoms with Gasteiger partial charge >= 0.3 is 0 Å². The number of rotatable bonds is 4. The number of hydrogen-bond donors (Lipinski definition) is 0. The summed E-state index contributed by atoms with van der Waals surface area (Å²) in [6, 6.07) is 0.650. The maximum atomic E-state index is 5.34. The molecule has 0 radical (unpaired) electrons. The second-order valence-corrected chi connectivity index (χ2v) is 3.24. The van der Waals surface area contributed by atoms with Gasteiger partial charge in [0, 0.05) is 26.2 Å². The maximum absolute atomic E-state index is 5.34. The Bertz CT molecular complexity index is 111. The normalized spacial score (nSPS) is 20.7. The van der Waals surface area contributed by atoms with Crippen molar-refractivity contribution >= 4 is 0 Å². The van der Waals surface area contributed by atoms with Crippen molar-refractivity contribution in [3.05, 3.63) is 0 Å². The van der Waals surface area contributed by atoms with Crippen molar-refractivity contribution in [3.63, 3.8) is 0 Å². The lowest BCUT2D eigenvalue weighted by atomic mass is 10.1. The highest BCUT2D eigenvalue weighted by Crippen LogP contribution is 2.14. The highest BCUT2D eigenvalue weighted by atomic mass is 16.7. The van der Waals surface area contributed by atoms with E-state index in [1.165, 1.54) is 0 Å². The van der Waals surface area contributed by atoms with Crippen LogP contribution in [0.15, 0.2) is 0 Å². The van der Waals surface area contributed by atoms with Crippen molar-refractivity contribution in [2.45, 2.75) is 26.0 Å². The van der Waals surface area contributed by atoms with E-state index in [0.29, 0.717) is 18.9 Å². The van der Waals surface area contributed by atoms with E-state index in [-0.39, 0.29) is 0 Å². The van der Waals surface area contributed by atoms with Crippen molar-refractivity contribution in [1.29, 1.82) is 0 Å². The summed E-state index contributed by atoms with van der Waals surface area (Å²) in [5.74, 6) is 0. The van der Waals surface area contributed by atoms with Gasteiger partial charge in [0.2, 0.25) is 0 Å². The molecule has 1 heterocycles. The first-order valence-corrected chi connectivity index (χ1v) is 4.08. The molecule has 1 aliphatic rings. The van der Waals surface area contributed by atoms with Crippen molar-refractivity contribution in [3.8, 4) is 0 Å². The molecule has 0 aliphatic carbocycles. The van der Waals surface area contributed by atoms with E-state index in [4.69, 9.17) is 9.47 Å². The molecule has 11 heavy (non-hydrogen) atoms. The highest BCUT2D eigenvalue weighted by molar-refractivity contribution is 4.82. The Morgan fingerprint density at radius 3 is 2.55 bits per heavy atom. The molecule has 0 unspecified atom stereocenters. The van der Waals surface area contributed by atoms with Gasteiger partial charge in [-0.2, -0.15) is 0 Å². The zero-order chi connectivity index (χ0) is 8.27. The molecule has 0 aromatic heterocycles. The largest absolute Gasteiger partial charge is 0.359 e. The molecule has 3 nitrogen and oxygen atoms in total. The molecule has 1 rings (SSSR count). The van der Waals surface area contributed by atoms with Gasteiger partial charge in [0.15, 0.2) is 0 Å². The van der Waals surface area contributed by atoms with Crippen LogP contribution in [0.2, 0.25) is 0 Å². The second kappa shape index (κ2) is 4.04. The van der Waals surface area contributed by atoms with Gasteiger partial charge in [0.05, 0.1) is 6.10 Å². The number of nitrogens with zero attached hydrogens (tertiary/aromatic N) is 1. The summed E-state index contributed by atoms with van der Waals surface area (Å²) >= 11 is 0. The molecule has 0 bridgehead atoms. The summed E-state index contributed by atoms with van der Waals surface area (Å²) in [7, 11) is 1.65. The number of likely N-dealkylation sites (tertiary alicyclic amines) is 1. The molecule has 0 N–H and O–H groups in total. The first kappa shape index (κ1) is 8.97. The van der Waals surface area contributed by atoms with Crippen LogP contribution in [-0.2, 0) is 9.47 Å². The quantitative estimate of drug-likeness (QED) is 0.564. The van der Waals surface area contributed by atoms with Crippen LogP contribution in [0.3, 0.4) is 0 Å². The number of hydrogen-bond acceptors (Lipinski definition) is 3. The molecule has 0 atom stereocenters. The van der Waals surface area contributed by atoms with Gasteiger partial charge in [-0.25, -0.2) is 0 Å². The van der Waals surface area contributed by atoms with Crippen LogP contribution < -0.4 is 0 Å². The second-order valence-electron chi connectivity index (χ2n) is 3.24. The lowest BCUT2D eigenvalue weighted by molar-refractivity contribution is -0.129. The lowest BCUT2D eigenvalue weighted by Crippen LogP contribution is -2.55. The Morgan fingerprint density at radius 1 is 1.45 bits per heavy atom. The fourth-order valence-corrected chi connectivity index (χ4v) is 1.16. The monoisotopic (exact) mass is 159 g/mol. The minimum Gasteiger partial charge on any atom is -0.359 e. The van der Waals surface area contributed by atoms with Gasteiger partial charge in [-0.15, -0.1) is 0 Å². The Morgan fingerprint density at radius 2 is 2.09 bits per heavy atom. The van der Waals surface area contributed by atoms with Crippen LogP contribution in [0, 0.1) is 0 Å². The summed E-state index contributed by atoms with van der Waals surface area (Å²) in [4.78, 5) is 2.38. The molecule has 1 aliphatic heterocycles. The van der Waals surface area contributed by atoms with Crippen LogP contribution in [-0.4, -0.2) is 44.0 Å². The minimum atomic E-state index is 0.400. The van der Waals surface area contributed by atoms with E-state index in [0.717, 1.165) is 13.1 Å². The smallest absolute Gasteiger partial charge is 0.146 e. The molecule has 0 saturated carbocycles. The predicted molar refractivity (Wildman–Crippen MR) is 43.5 cm³/mol. The number of methoxy groups -OCH3 is 1. The van der Waals surface area contributed by atoms with Crippen molar-refractivity contribution in [2.24, 2.45) is 0 Å². The first-order chi connectivity index (χ1) is 5.24. The molecule has 0 aromatic rings. The predicted octanol–water partition coefficient (Wildman–Crippen LogP) is 0.699. The average Bonchev–Trinajstić information content (AvgIpc) is 1.84. The van der Waals surface area contributed by atoms with Crippen molar-refractivity contribution in [1.82, 2.24) is 4.90 Å². The Hall–Kier alpha value is -0.120. The van der Waals surface area contributed by atoms with Crippen LogP contribution in [0.4, 0.5) is 0 Å². The molecule has 1 fully saturated rings. The molecule has 1 saturated heterocycles. The SMILES string of the molecule is COCOC1CN(C(C)C)C1. The van der Waals surface area contributed by atoms with E-state index >= 15 is 0 Å². The first-order valence-electron chi connectivity index (χ1n) is 4.08. The molecular formula is C8H17NO2. The Balaban J connectivity index is 2.00. The topological polar surface area (TPSA) is 21.7 Å². The summed E-state index contributed by atoms with van der Waals surface area (Å²) in [5.41, 5.74) is 0. The summed E-state index contributed by atoms with van der Waals surface area (Å²) in [5, 5.41) is 0. The molecule has 0 spiro atoms. The van der Waals surface area contributed by atoms with Gasteiger partial charge in [0.25, 0.3) is 0 Å². The van der Waals surface area contributed by atoms with Gasteiger partial charge in [-0.3, -0.25) is 4.90 Å². The van der Waals surface area contributed by atoms with E-state index in [1.807, 2.05) is 0 Å². The standard InChI is InChI=1S/C8H17NO2/c1-7(2)9-4-8(5-9)11-6-10-3/h7-8H,4-6H2,1-3H3. The minimum absolute atomic E-state index is 0.400. The third kappa shape index (κ3) is 2.43. The number of ether oxygens (including phenoxy) is 2. The summed E-state index contributed by atoms with van der Waals surface area (Å²) in [6.45, 7) is 6.94. The summed E-state index contributed by atoms with van der Waals surface area (Å²) in [6.07, 6.45) is 0.400. The van der Waals surface area contributed by atoms with E-state index in [1.54, 1.807) is 7.11 Å². The van der Waals surface area contributed by atoms with E-state index in [9.17, 15) is 0 Å². The zero-order valence-electron chi connectivity index (χ0n) is 7.54. The van der Waals surface area contributed by atoms with Gasteiger partial charge in [-0.05, 0) is 13.8 Å². The van der Waals surface area contributed by atoms with Crippen LogP contribution in [0.1, 0.15) is 13.8 Å². The molecule has 66 valence electrons. The van der Waals surface area contributed by atoms with Crippen LogP contribution in [0.25, 0.3) is 0 Å². The third-order valence-corrected chi connectivity index (χ3v) is 2.03. The van der Waals surface area contributed by atoms with Gasteiger partial charge < -0.3 is 9.47 Å². The fourth-order valence-electron chi connectivity index (χ4n) is 1.16. The van der Waals surface area contributed by atoms with Gasteiger partial charge in [-0.1, -0.05) is 0 Å². The van der Waals surface area contributed by atoms with E-state index < -0.39 is 0 Å². The summed E-state index contributed by atoms with van der Waals surface area (Å²) < 4.78 is 10.1. The van der Waals surface area contributed by atoms with Crippen LogP contribution in [0.5, 0.6) is 0 Å². The third-order valence-electron chi connectivity index (χ3n) is 2.03. The fraction of sp³-hybridized carbons (Fsp3) is 1.00. The average molecular weight is 159 g/mol. The zero-order valence-corrected chi connectivity index (χ0v) is 7.54. The highest BCUT2D eigenvalue weighted by Gasteiger charge is 2.28. The molecule has 3 heteroatoms. The van der Waals surface area contributed by atoms with E-state index in [2.05, 4.69) is 18.7 Å². The lowest BCUT2D eigenvalue weighted by Gasteiger charge is -2.41. The molecule has 0 amide bonds. The Kier molecular flexibility index (Phi) is 3.30. The molecular weight excluding hydrogens is 142 g/mol.